The molecule has 2 unspecified atom stereocenters. The van der Waals surface area contributed by atoms with E-state index in [0.717, 1.165) is 121 Å². The molecule has 3 heterocycles. The van der Waals surface area contributed by atoms with Crippen LogP contribution in [0.15, 0.2) is 156 Å². The van der Waals surface area contributed by atoms with E-state index >= 15 is 0 Å². The molecule has 0 radical (unpaired) electrons. The lowest BCUT2D eigenvalue weighted by Crippen LogP contribution is -2.40. The van der Waals surface area contributed by atoms with Crippen molar-refractivity contribution in [3.63, 3.8) is 0 Å². The second-order valence-electron chi connectivity index (χ2n) is 20.3. The quantitative estimate of drug-likeness (QED) is 0.0586. The fourth-order valence-corrected chi connectivity index (χ4v) is 12.5. The molecule has 2 saturated heterocycles. The Morgan fingerprint density at radius 3 is 1.88 bits per heavy atom. The van der Waals surface area contributed by atoms with Crippen LogP contribution < -0.4 is 28.7 Å². The van der Waals surface area contributed by atoms with Crippen LogP contribution in [0.4, 0.5) is 11.4 Å². The van der Waals surface area contributed by atoms with Crippen LogP contribution >= 0.6 is 0 Å². The monoisotopic (exact) mass is 982 g/mol. The maximum absolute atomic E-state index is 9.62. The summed E-state index contributed by atoms with van der Waals surface area (Å²) >= 11 is 0. The largest absolute Gasteiger partial charge is 0.497 e. The van der Waals surface area contributed by atoms with Crippen molar-refractivity contribution in [2.24, 2.45) is 10.5 Å². The molecule has 0 amide bonds. The molecule has 1 N–H and O–H groups in total. The first-order valence-corrected chi connectivity index (χ1v) is 25.5. The Morgan fingerprint density at radius 2 is 1.28 bits per heavy atom. The van der Waals surface area contributed by atoms with Gasteiger partial charge in [-0.3, -0.25) is 0 Å². The average Bonchev–Trinajstić information content (AvgIpc) is 3.73. The summed E-state index contributed by atoms with van der Waals surface area (Å²) in [6.45, 7) is 8.30. The van der Waals surface area contributed by atoms with E-state index in [-0.39, 0.29) is 0 Å². The van der Waals surface area contributed by atoms with E-state index < -0.39 is 16.4 Å². The second-order valence-corrected chi connectivity index (χ2v) is 20.3. The third-order valence-corrected chi connectivity index (χ3v) is 15.9. The number of methoxy groups -OCH3 is 2. The lowest BCUT2D eigenvalue weighted by molar-refractivity contribution is 0.122. The molecule has 3 fully saturated rings. The molecule has 74 heavy (non-hydrogen) atoms. The fraction of sp³-hybridized carbons (Fsp3) is 0.274. The minimum Gasteiger partial charge on any atom is -0.497 e. The predicted octanol–water partition coefficient (Wildman–Crippen LogP) is 13.6. The first-order valence-electron chi connectivity index (χ1n) is 25.5. The van der Waals surface area contributed by atoms with E-state index in [1.807, 2.05) is 24.3 Å². The van der Waals surface area contributed by atoms with Gasteiger partial charge in [0, 0.05) is 93.4 Å². The molecule has 2 atom stereocenters. The van der Waals surface area contributed by atoms with Gasteiger partial charge in [0.1, 0.15) is 28.7 Å². The summed E-state index contributed by atoms with van der Waals surface area (Å²) in [5.41, 5.74) is 19.8. The first kappa shape index (κ1) is 47.0. The van der Waals surface area contributed by atoms with E-state index in [1.165, 1.54) is 5.56 Å². The van der Waals surface area contributed by atoms with Gasteiger partial charge in [-0.2, -0.15) is 0 Å². The third-order valence-electron chi connectivity index (χ3n) is 15.9. The summed E-state index contributed by atoms with van der Waals surface area (Å²) in [5, 5.41) is 14.9. The number of rotatable bonds is 11. The molecule has 12 heteroatoms. The zero-order valence-electron chi connectivity index (χ0n) is 42.0. The summed E-state index contributed by atoms with van der Waals surface area (Å²) in [5.74, 6) is 3.64. The Kier molecular flexibility index (Phi) is 12.1. The molecule has 12 nitrogen and oxygen atoms in total. The Labute approximate surface area is 431 Å². The van der Waals surface area contributed by atoms with Crippen molar-refractivity contribution >= 4 is 34.4 Å². The van der Waals surface area contributed by atoms with Crippen molar-refractivity contribution in [2.75, 3.05) is 76.6 Å². The number of allylic oxidation sites excluding steroid dienone is 1. The van der Waals surface area contributed by atoms with Crippen LogP contribution in [0.5, 0.6) is 28.7 Å². The maximum Gasteiger partial charge on any atom is 0.178 e. The zero-order valence-corrected chi connectivity index (χ0v) is 42.0. The number of hydrogen-bond acceptors (Lipinski definition) is 10. The van der Waals surface area contributed by atoms with E-state index in [0.29, 0.717) is 51.4 Å². The summed E-state index contributed by atoms with van der Waals surface area (Å²) in [7, 11) is 3.35. The zero-order chi connectivity index (χ0) is 50.4. The summed E-state index contributed by atoms with van der Waals surface area (Å²) in [4.78, 5) is 7.88. The van der Waals surface area contributed by atoms with Crippen molar-refractivity contribution in [3.8, 4) is 51.0 Å². The summed E-state index contributed by atoms with van der Waals surface area (Å²) in [6.07, 6.45) is 9.58. The Hall–Kier alpha value is -8.02. The SMILES string of the molecule is COc1ccc(C2(c3ccc(OC)cc3)C=Cc3c4c(c5cc(Oc6ccc(N7CCOCC7)cc6)c(-c6ccc(N7CCOCC7)cc6)cc5c3O2)-c2ccccc2C42C/C(=C\N=[N+]=[N-])CC(C)(C=N)C2)cc1. The minimum absolute atomic E-state index is 0.556. The molecular weight excluding hydrogens is 925 g/mol. The van der Waals surface area contributed by atoms with Gasteiger partial charge in [0.15, 0.2) is 5.60 Å². The first-order chi connectivity index (χ1) is 36.2. The summed E-state index contributed by atoms with van der Waals surface area (Å²) in [6, 6.07) is 46.6. The molecule has 372 valence electrons. The second kappa shape index (κ2) is 19.1. The Morgan fingerprint density at radius 1 is 0.689 bits per heavy atom. The van der Waals surface area contributed by atoms with Gasteiger partial charge in [-0.05, 0) is 137 Å². The highest BCUT2D eigenvalue weighted by Gasteiger charge is 2.53. The van der Waals surface area contributed by atoms with Crippen molar-refractivity contribution in [3.05, 3.63) is 190 Å². The molecule has 5 aliphatic rings. The molecule has 7 aromatic carbocycles. The lowest BCUT2D eigenvalue weighted by atomic mass is 9.57. The van der Waals surface area contributed by atoms with Crippen LogP contribution in [-0.4, -0.2) is 73.0 Å². The molecule has 7 aromatic rings. The maximum atomic E-state index is 9.62. The predicted molar refractivity (Wildman–Crippen MR) is 293 cm³/mol. The van der Waals surface area contributed by atoms with E-state index in [4.69, 9.17) is 33.8 Å². The number of benzene rings is 7. The van der Waals surface area contributed by atoms with Gasteiger partial charge in [-0.1, -0.05) is 84.4 Å². The molecule has 2 aliphatic carbocycles. The van der Waals surface area contributed by atoms with E-state index in [1.54, 1.807) is 26.6 Å². The molecule has 0 bridgehead atoms. The van der Waals surface area contributed by atoms with Crippen LogP contribution in [-0.2, 0) is 20.5 Å². The van der Waals surface area contributed by atoms with Crippen molar-refractivity contribution in [2.45, 2.75) is 37.2 Å². The smallest absolute Gasteiger partial charge is 0.178 e. The molecular formula is C62H58N6O6. The van der Waals surface area contributed by atoms with Crippen LogP contribution in [0.25, 0.3) is 49.5 Å². The molecule has 1 saturated carbocycles. The minimum atomic E-state index is -1.09. The Bertz CT molecular complexity index is 3340. The van der Waals surface area contributed by atoms with Crippen LogP contribution in [0.2, 0.25) is 0 Å². The van der Waals surface area contributed by atoms with E-state index in [9.17, 15) is 5.53 Å². The third kappa shape index (κ3) is 8.10. The van der Waals surface area contributed by atoms with Gasteiger partial charge >= 0.3 is 0 Å². The molecule has 3 aliphatic heterocycles. The highest BCUT2D eigenvalue weighted by molar-refractivity contribution is 6.11. The van der Waals surface area contributed by atoms with E-state index in [2.05, 4.69) is 148 Å². The number of morpholine rings is 2. The lowest BCUT2D eigenvalue weighted by Gasteiger charge is -2.46. The number of nitrogens with zero attached hydrogens (tertiary/aromatic N) is 5. The van der Waals surface area contributed by atoms with Gasteiger partial charge in [-0.25, -0.2) is 0 Å². The summed E-state index contributed by atoms with van der Waals surface area (Å²) < 4.78 is 37.9. The van der Waals surface area contributed by atoms with Gasteiger partial charge < -0.3 is 43.6 Å². The molecule has 1 spiro atoms. The van der Waals surface area contributed by atoms with Gasteiger partial charge in [-0.15, -0.1) is 0 Å². The van der Waals surface area contributed by atoms with Crippen LogP contribution in [0.3, 0.4) is 0 Å². The topological polar surface area (TPSA) is 134 Å². The fourth-order valence-electron chi connectivity index (χ4n) is 12.5. The number of anilines is 2. The molecule has 12 rings (SSSR count). The van der Waals surface area contributed by atoms with Gasteiger partial charge in [0.25, 0.3) is 0 Å². The Balaban J connectivity index is 1.14. The van der Waals surface area contributed by atoms with Crippen LogP contribution in [0, 0.1) is 10.8 Å². The highest BCUT2D eigenvalue weighted by atomic mass is 16.5. The van der Waals surface area contributed by atoms with Gasteiger partial charge in [0.05, 0.1) is 40.6 Å². The molecule has 0 aromatic heterocycles. The van der Waals surface area contributed by atoms with Gasteiger partial charge in [0.2, 0.25) is 0 Å². The number of nitrogens with one attached hydrogen (secondary N) is 1. The normalized spacial score (nSPS) is 21.0. The number of ether oxygens (including phenoxy) is 6. The average molecular weight is 983 g/mol. The standard InChI is InChI=1S/C62H58N6O6/c1-60(40-63)36-41(38-65-66-64)37-61(39-60)55-7-5-4-6-50(55)57-53-35-56(73-49-22-16-46(17-23-49)68-28-32-72-33-29-68)52(42-8-14-45(15-9-42)67-26-30-71-31-27-67)34-54(53)59-51(58(57)61)24-25-62(74-59,43-10-18-47(69-2)19-11-43)44-12-20-48(70-3)21-13-44/h4-25,34-35,38,40,63H,26-33,36-37,39H2,1-3H3/b41-38-,63-40?. The van der Waals surface area contributed by atoms with Crippen molar-refractivity contribution < 1.29 is 28.4 Å². The van der Waals surface area contributed by atoms with Crippen LogP contribution in [0.1, 0.15) is 54.0 Å². The van der Waals surface area contributed by atoms with Crippen molar-refractivity contribution in [1.29, 1.82) is 5.41 Å². The number of hydrogen-bond donors (Lipinski definition) is 1. The number of azide groups is 1. The number of fused-ring (bicyclic) bond motifs is 10. The van der Waals surface area contributed by atoms with Crippen molar-refractivity contribution in [1.82, 2.24) is 0 Å². The highest BCUT2D eigenvalue weighted by Crippen LogP contribution is 2.65.